The number of fused-ring (bicyclic) bond motifs is 1. The van der Waals surface area contributed by atoms with Gasteiger partial charge in [-0.3, -0.25) is 0 Å². The fourth-order valence-corrected chi connectivity index (χ4v) is 2.42. The highest BCUT2D eigenvalue weighted by molar-refractivity contribution is 5.37. The van der Waals surface area contributed by atoms with Crippen molar-refractivity contribution < 1.29 is 9.47 Å². The average Bonchev–Trinajstić information content (AvgIpc) is 2.88. The second kappa shape index (κ2) is 5.55. The largest absolute Gasteiger partial charge is 0.490 e. The molecule has 1 heterocycles. The topological polar surface area (TPSA) is 44.5 Å². The standard InChI is InChI=1S/C17H19NO2/c1-12(18)13-6-4-7-15(9-13)19-11-16-10-14-5-2-3-8-17(14)20-16/h2-9,12,16H,10-11,18H2,1H3. The summed E-state index contributed by atoms with van der Waals surface area (Å²) in [6.45, 7) is 2.52. The first kappa shape index (κ1) is 13.0. The van der Waals surface area contributed by atoms with E-state index in [0.717, 1.165) is 23.5 Å². The molecule has 0 amide bonds. The third-order valence-electron chi connectivity index (χ3n) is 3.53. The van der Waals surface area contributed by atoms with Gasteiger partial charge in [0.15, 0.2) is 0 Å². The number of benzene rings is 2. The summed E-state index contributed by atoms with van der Waals surface area (Å²) in [6, 6.07) is 16.1. The van der Waals surface area contributed by atoms with Crippen LogP contribution in [0.4, 0.5) is 0 Å². The summed E-state index contributed by atoms with van der Waals surface area (Å²) in [4.78, 5) is 0. The van der Waals surface area contributed by atoms with E-state index in [1.165, 1.54) is 5.56 Å². The molecule has 20 heavy (non-hydrogen) atoms. The predicted molar refractivity (Wildman–Crippen MR) is 79.1 cm³/mol. The maximum absolute atomic E-state index is 5.88. The van der Waals surface area contributed by atoms with Crippen LogP contribution in [0.15, 0.2) is 48.5 Å². The summed E-state index contributed by atoms with van der Waals surface area (Å²) in [6.07, 6.45) is 0.995. The van der Waals surface area contributed by atoms with Gasteiger partial charge in [0.25, 0.3) is 0 Å². The first-order valence-electron chi connectivity index (χ1n) is 6.95. The van der Waals surface area contributed by atoms with Gasteiger partial charge in [0.2, 0.25) is 0 Å². The molecule has 1 aliphatic rings. The van der Waals surface area contributed by atoms with E-state index in [2.05, 4.69) is 6.07 Å². The Morgan fingerprint density at radius 3 is 2.90 bits per heavy atom. The molecule has 2 aromatic rings. The van der Waals surface area contributed by atoms with Gasteiger partial charge in [-0.25, -0.2) is 0 Å². The molecule has 2 aromatic carbocycles. The molecular weight excluding hydrogens is 250 g/mol. The highest BCUT2D eigenvalue weighted by Gasteiger charge is 2.22. The zero-order valence-electron chi connectivity index (χ0n) is 11.6. The maximum atomic E-state index is 5.88. The summed E-state index contributed by atoms with van der Waals surface area (Å²) < 4.78 is 11.7. The number of ether oxygens (including phenoxy) is 2. The van der Waals surface area contributed by atoms with Gasteiger partial charge in [0, 0.05) is 12.5 Å². The number of rotatable bonds is 4. The van der Waals surface area contributed by atoms with E-state index in [4.69, 9.17) is 15.2 Å². The van der Waals surface area contributed by atoms with E-state index >= 15 is 0 Å². The Labute approximate surface area is 119 Å². The summed E-state index contributed by atoms with van der Waals surface area (Å²) in [5.74, 6) is 1.82. The third-order valence-corrected chi connectivity index (χ3v) is 3.53. The summed E-state index contributed by atoms with van der Waals surface area (Å²) in [5.41, 5.74) is 8.21. The molecule has 0 aliphatic carbocycles. The van der Waals surface area contributed by atoms with Crippen LogP contribution in [-0.4, -0.2) is 12.7 Å². The van der Waals surface area contributed by atoms with Crippen LogP contribution in [0, 0.1) is 0 Å². The van der Waals surface area contributed by atoms with E-state index in [9.17, 15) is 0 Å². The molecule has 0 saturated heterocycles. The molecule has 1 aliphatic heterocycles. The highest BCUT2D eigenvalue weighted by atomic mass is 16.5. The fourth-order valence-electron chi connectivity index (χ4n) is 2.42. The SMILES string of the molecule is CC(N)c1cccc(OCC2Cc3ccccc3O2)c1. The van der Waals surface area contributed by atoms with Gasteiger partial charge in [-0.1, -0.05) is 30.3 Å². The summed E-state index contributed by atoms with van der Waals surface area (Å²) >= 11 is 0. The molecule has 0 bridgehead atoms. The molecule has 0 fully saturated rings. The molecule has 2 N–H and O–H groups in total. The molecule has 2 unspecified atom stereocenters. The minimum atomic E-state index is 0.0190. The number of para-hydroxylation sites is 1. The lowest BCUT2D eigenvalue weighted by atomic mass is 10.1. The van der Waals surface area contributed by atoms with Crippen molar-refractivity contribution in [1.29, 1.82) is 0 Å². The van der Waals surface area contributed by atoms with E-state index in [1.54, 1.807) is 0 Å². The van der Waals surface area contributed by atoms with Gasteiger partial charge in [0.1, 0.15) is 24.2 Å². The van der Waals surface area contributed by atoms with Crippen LogP contribution >= 0.6 is 0 Å². The Morgan fingerprint density at radius 1 is 1.25 bits per heavy atom. The van der Waals surface area contributed by atoms with E-state index in [0.29, 0.717) is 6.61 Å². The van der Waals surface area contributed by atoms with Gasteiger partial charge in [0.05, 0.1) is 0 Å². The van der Waals surface area contributed by atoms with Crippen LogP contribution in [0.2, 0.25) is 0 Å². The Kier molecular flexibility index (Phi) is 3.61. The second-order valence-electron chi connectivity index (χ2n) is 5.22. The lowest BCUT2D eigenvalue weighted by Gasteiger charge is -2.14. The second-order valence-corrected chi connectivity index (χ2v) is 5.22. The zero-order valence-corrected chi connectivity index (χ0v) is 11.6. The van der Waals surface area contributed by atoms with Crippen LogP contribution in [0.5, 0.6) is 11.5 Å². The molecular formula is C17H19NO2. The van der Waals surface area contributed by atoms with Crippen molar-refractivity contribution in [3.8, 4) is 11.5 Å². The number of hydrogen-bond donors (Lipinski definition) is 1. The Morgan fingerprint density at radius 2 is 2.10 bits per heavy atom. The van der Waals surface area contributed by atoms with Crippen molar-refractivity contribution in [1.82, 2.24) is 0 Å². The van der Waals surface area contributed by atoms with Gasteiger partial charge < -0.3 is 15.2 Å². The molecule has 0 saturated carbocycles. The quantitative estimate of drug-likeness (QED) is 0.927. The Hall–Kier alpha value is -2.00. The lowest BCUT2D eigenvalue weighted by molar-refractivity contribution is 0.148. The first-order chi connectivity index (χ1) is 9.72. The molecule has 104 valence electrons. The van der Waals surface area contributed by atoms with E-state index in [1.807, 2.05) is 49.4 Å². The van der Waals surface area contributed by atoms with Crippen LogP contribution in [0.25, 0.3) is 0 Å². The molecule has 3 rings (SSSR count). The van der Waals surface area contributed by atoms with E-state index in [-0.39, 0.29) is 12.1 Å². The molecule has 2 atom stereocenters. The van der Waals surface area contributed by atoms with Crippen molar-refractivity contribution in [2.45, 2.75) is 25.5 Å². The maximum Gasteiger partial charge on any atom is 0.137 e. The lowest BCUT2D eigenvalue weighted by Crippen LogP contribution is -2.22. The number of nitrogens with two attached hydrogens (primary N) is 1. The predicted octanol–water partition coefficient (Wildman–Crippen LogP) is 3.09. The average molecular weight is 269 g/mol. The van der Waals surface area contributed by atoms with Gasteiger partial charge in [-0.15, -0.1) is 0 Å². The zero-order chi connectivity index (χ0) is 13.9. The van der Waals surface area contributed by atoms with Crippen LogP contribution < -0.4 is 15.2 Å². The van der Waals surface area contributed by atoms with Crippen molar-refractivity contribution in [2.24, 2.45) is 5.73 Å². The fraction of sp³-hybridized carbons (Fsp3) is 0.294. The molecule has 0 spiro atoms. The van der Waals surface area contributed by atoms with Crippen molar-refractivity contribution in [3.63, 3.8) is 0 Å². The van der Waals surface area contributed by atoms with Crippen molar-refractivity contribution >= 4 is 0 Å². The first-order valence-corrected chi connectivity index (χ1v) is 6.95. The van der Waals surface area contributed by atoms with Crippen molar-refractivity contribution in [2.75, 3.05) is 6.61 Å². The minimum Gasteiger partial charge on any atom is -0.490 e. The number of hydrogen-bond acceptors (Lipinski definition) is 3. The molecule has 0 aromatic heterocycles. The van der Waals surface area contributed by atoms with Crippen LogP contribution in [0.1, 0.15) is 24.1 Å². The summed E-state index contributed by atoms with van der Waals surface area (Å²) in [5, 5.41) is 0. The Bertz CT molecular complexity index is 570. The van der Waals surface area contributed by atoms with Crippen LogP contribution in [-0.2, 0) is 6.42 Å². The van der Waals surface area contributed by atoms with Gasteiger partial charge in [-0.2, -0.15) is 0 Å². The van der Waals surface area contributed by atoms with Crippen LogP contribution in [0.3, 0.4) is 0 Å². The van der Waals surface area contributed by atoms with Gasteiger partial charge in [-0.05, 0) is 36.2 Å². The smallest absolute Gasteiger partial charge is 0.137 e. The highest BCUT2D eigenvalue weighted by Crippen LogP contribution is 2.28. The normalized spacial score (nSPS) is 18.2. The minimum absolute atomic E-state index is 0.0190. The summed E-state index contributed by atoms with van der Waals surface area (Å²) in [7, 11) is 0. The van der Waals surface area contributed by atoms with Crippen molar-refractivity contribution in [3.05, 3.63) is 59.7 Å². The molecule has 3 nitrogen and oxygen atoms in total. The molecule has 3 heteroatoms. The monoisotopic (exact) mass is 269 g/mol. The van der Waals surface area contributed by atoms with Gasteiger partial charge >= 0.3 is 0 Å². The molecule has 0 radical (unpaired) electrons. The Balaban J connectivity index is 1.60. The van der Waals surface area contributed by atoms with E-state index < -0.39 is 0 Å². The third kappa shape index (κ3) is 2.78.